The zero-order chi connectivity index (χ0) is 12.1. The molecule has 1 heterocycles. The Kier molecular flexibility index (Phi) is 3.30. The highest BCUT2D eigenvalue weighted by atomic mass is 16.5. The normalized spacial score (nSPS) is 9.88. The molecule has 2 rings (SSSR count). The third-order valence-electron chi connectivity index (χ3n) is 2.13. The molecule has 17 heavy (non-hydrogen) atoms. The van der Waals surface area contributed by atoms with Gasteiger partial charge in [0.05, 0.1) is 5.56 Å². The summed E-state index contributed by atoms with van der Waals surface area (Å²) in [6, 6.07) is 8.52. The van der Waals surface area contributed by atoms with Gasteiger partial charge in [0.15, 0.2) is 5.82 Å². The molecule has 5 heteroatoms. The van der Waals surface area contributed by atoms with E-state index >= 15 is 0 Å². The van der Waals surface area contributed by atoms with Crippen LogP contribution in [0.5, 0.6) is 5.75 Å². The van der Waals surface area contributed by atoms with E-state index in [1.54, 1.807) is 42.7 Å². The Bertz CT molecular complexity index is 514. The number of nitrogens with two attached hydrogens (primary N) is 1. The van der Waals surface area contributed by atoms with Gasteiger partial charge in [0, 0.05) is 12.4 Å². The van der Waals surface area contributed by atoms with Crippen molar-refractivity contribution in [2.24, 2.45) is 5.73 Å². The fourth-order valence-electron chi connectivity index (χ4n) is 1.34. The van der Waals surface area contributed by atoms with Gasteiger partial charge in [-0.25, -0.2) is 9.97 Å². The molecule has 1 aromatic heterocycles. The molecule has 0 radical (unpaired) electrons. The molecular weight excluding hydrogens is 218 g/mol. The largest absolute Gasteiger partial charge is 0.485 e. The lowest BCUT2D eigenvalue weighted by Crippen LogP contribution is -2.13. The van der Waals surface area contributed by atoms with Gasteiger partial charge in [0.2, 0.25) is 0 Å². The van der Waals surface area contributed by atoms with Crippen molar-refractivity contribution >= 4 is 5.91 Å². The second-order valence-electron chi connectivity index (χ2n) is 3.31. The van der Waals surface area contributed by atoms with Crippen molar-refractivity contribution < 1.29 is 9.53 Å². The third kappa shape index (κ3) is 2.78. The Hall–Kier alpha value is -2.43. The van der Waals surface area contributed by atoms with Gasteiger partial charge in [-0.1, -0.05) is 12.1 Å². The zero-order valence-electron chi connectivity index (χ0n) is 9.04. The number of para-hydroxylation sites is 1. The van der Waals surface area contributed by atoms with E-state index in [9.17, 15) is 4.79 Å². The minimum atomic E-state index is -0.519. The monoisotopic (exact) mass is 229 g/mol. The molecule has 2 N–H and O–H groups in total. The van der Waals surface area contributed by atoms with Crippen molar-refractivity contribution in [3.8, 4) is 5.75 Å². The number of hydrogen-bond donors (Lipinski definition) is 1. The second kappa shape index (κ2) is 5.07. The van der Waals surface area contributed by atoms with Crippen molar-refractivity contribution in [3.63, 3.8) is 0 Å². The molecule has 0 aliphatic heterocycles. The molecular formula is C12H11N3O2. The van der Waals surface area contributed by atoms with Gasteiger partial charge in [0.25, 0.3) is 5.91 Å². The van der Waals surface area contributed by atoms with Crippen molar-refractivity contribution in [2.45, 2.75) is 6.61 Å². The highest BCUT2D eigenvalue weighted by Crippen LogP contribution is 2.17. The number of amides is 1. The van der Waals surface area contributed by atoms with Crippen LogP contribution in [0.2, 0.25) is 0 Å². The number of carbonyl (C=O) groups excluding carboxylic acids is 1. The van der Waals surface area contributed by atoms with E-state index in [4.69, 9.17) is 10.5 Å². The smallest absolute Gasteiger partial charge is 0.252 e. The molecule has 0 saturated heterocycles. The predicted octanol–water partition coefficient (Wildman–Crippen LogP) is 1.15. The molecule has 86 valence electrons. The molecule has 0 saturated carbocycles. The quantitative estimate of drug-likeness (QED) is 0.853. The molecule has 0 unspecified atom stereocenters. The summed E-state index contributed by atoms with van der Waals surface area (Å²) in [5, 5.41) is 0. The van der Waals surface area contributed by atoms with Crippen LogP contribution in [-0.2, 0) is 6.61 Å². The number of hydrogen-bond acceptors (Lipinski definition) is 4. The molecule has 0 fully saturated rings. The summed E-state index contributed by atoms with van der Waals surface area (Å²) in [4.78, 5) is 19.2. The number of ether oxygens (including phenoxy) is 1. The lowest BCUT2D eigenvalue weighted by atomic mass is 10.2. The SMILES string of the molecule is NC(=O)c1ccccc1OCc1ncccn1. The number of primary amides is 1. The van der Waals surface area contributed by atoms with Crippen molar-refractivity contribution in [2.75, 3.05) is 0 Å². The maximum absolute atomic E-state index is 11.1. The van der Waals surface area contributed by atoms with Crippen LogP contribution in [0.4, 0.5) is 0 Å². The molecule has 0 bridgehead atoms. The number of rotatable bonds is 4. The van der Waals surface area contributed by atoms with Crippen molar-refractivity contribution in [3.05, 3.63) is 54.1 Å². The summed E-state index contributed by atoms with van der Waals surface area (Å²) in [5.41, 5.74) is 5.58. The second-order valence-corrected chi connectivity index (χ2v) is 3.31. The van der Waals surface area contributed by atoms with Gasteiger partial charge >= 0.3 is 0 Å². The maximum atomic E-state index is 11.1. The van der Waals surface area contributed by atoms with Crippen LogP contribution in [0, 0.1) is 0 Å². The molecule has 1 amide bonds. The first-order valence-electron chi connectivity index (χ1n) is 5.05. The summed E-state index contributed by atoms with van der Waals surface area (Å²) in [5.74, 6) is 0.466. The number of carbonyl (C=O) groups is 1. The zero-order valence-corrected chi connectivity index (χ0v) is 9.04. The predicted molar refractivity (Wildman–Crippen MR) is 61.3 cm³/mol. The summed E-state index contributed by atoms with van der Waals surface area (Å²) < 4.78 is 5.46. The average molecular weight is 229 g/mol. The first-order chi connectivity index (χ1) is 8.27. The van der Waals surface area contributed by atoms with Gasteiger partial charge in [-0.15, -0.1) is 0 Å². The standard InChI is InChI=1S/C12H11N3O2/c13-12(16)9-4-1-2-5-10(9)17-8-11-14-6-3-7-15-11/h1-7H,8H2,(H2,13,16). The summed E-state index contributed by atoms with van der Waals surface area (Å²) >= 11 is 0. The molecule has 2 aromatic rings. The fourth-order valence-corrected chi connectivity index (χ4v) is 1.34. The lowest BCUT2D eigenvalue weighted by molar-refractivity contribution is 0.0995. The topological polar surface area (TPSA) is 78.1 Å². The molecule has 0 aliphatic carbocycles. The molecule has 1 aromatic carbocycles. The highest BCUT2D eigenvalue weighted by molar-refractivity contribution is 5.95. The Morgan fingerprint density at radius 3 is 2.59 bits per heavy atom. The number of aromatic nitrogens is 2. The third-order valence-corrected chi connectivity index (χ3v) is 2.13. The maximum Gasteiger partial charge on any atom is 0.252 e. The Morgan fingerprint density at radius 1 is 1.18 bits per heavy atom. The molecule has 0 spiro atoms. The Morgan fingerprint density at radius 2 is 1.88 bits per heavy atom. The van der Waals surface area contributed by atoms with E-state index < -0.39 is 5.91 Å². The van der Waals surface area contributed by atoms with Crippen molar-refractivity contribution in [1.82, 2.24) is 9.97 Å². The van der Waals surface area contributed by atoms with Crippen LogP contribution >= 0.6 is 0 Å². The first-order valence-corrected chi connectivity index (χ1v) is 5.05. The Balaban J connectivity index is 2.12. The Labute approximate surface area is 98.3 Å². The van der Waals surface area contributed by atoms with E-state index in [-0.39, 0.29) is 6.61 Å². The van der Waals surface area contributed by atoms with Gasteiger partial charge in [-0.3, -0.25) is 4.79 Å². The van der Waals surface area contributed by atoms with E-state index in [1.165, 1.54) is 0 Å². The van der Waals surface area contributed by atoms with Crippen LogP contribution in [0.1, 0.15) is 16.2 Å². The van der Waals surface area contributed by atoms with Crippen LogP contribution in [0.25, 0.3) is 0 Å². The minimum absolute atomic E-state index is 0.200. The average Bonchev–Trinajstić information content (AvgIpc) is 2.38. The van der Waals surface area contributed by atoms with Crippen LogP contribution in [0.3, 0.4) is 0 Å². The molecule has 0 atom stereocenters. The molecule has 5 nitrogen and oxygen atoms in total. The van der Waals surface area contributed by atoms with Crippen LogP contribution in [0.15, 0.2) is 42.7 Å². The van der Waals surface area contributed by atoms with E-state index in [1.807, 2.05) is 0 Å². The summed E-state index contributed by atoms with van der Waals surface area (Å²) in [6.07, 6.45) is 3.26. The van der Waals surface area contributed by atoms with Gasteiger partial charge in [-0.05, 0) is 18.2 Å². The lowest BCUT2D eigenvalue weighted by Gasteiger charge is -2.08. The summed E-state index contributed by atoms with van der Waals surface area (Å²) in [6.45, 7) is 0.200. The fraction of sp³-hybridized carbons (Fsp3) is 0.0833. The summed E-state index contributed by atoms with van der Waals surface area (Å²) in [7, 11) is 0. The van der Waals surface area contributed by atoms with Crippen LogP contribution in [-0.4, -0.2) is 15.9 Å². The minimum Gasteiger partial charge on any atom is -0.485 e. The highest BCUT2D eigenvalue weighted by Gasteiger charge is 2.08. The van der Waals surface area contributed by atoms with Crippen molar-refractivity contribution in [1.29, 1.82) is 0 Å². The number of nitrogens with zero attached hydrogens (tertiary/aromatic N) is 2. The van der Waals surface area contributed by atoms with E-state index in [2.05, 4.69) is 9.97 Å². The van der Waals surface area contributed by atoms with Gasteiger partial charge in [-0.2, -0.15) is 0 Å². The van der Waals surface area contributed by atoms with E-state index in [0.29, 0.717) is 17.1 Å². The van der Waals surface area contributed by atoms with Gasteiger partial charge < -0.3 is 10.5 Å². The first kappa shape index (κ1) is 11.1. The molecule has 0 aliphatic rings. The van der Waals surface area contributed by atoms with Crippen LogP contribution < -0.4 is 10.5 Å². The van der Waals surface area contributed by atoms with Gasteiger partial charge in [0.1, 0.15) is 12.4 Å². The number of benzene rings is 1. The van der Waals surface area contributed by atoms with E-state index in [0.717, 1.165) is 0 Å².